The van der Waals surface area contributed by atoms with Crippen molar-refractivity contribution in [1.29, 1.82) is 0 Å². The summed E-state index contributed by atoms with van der Waals surface area (Å²) in [5.74, 6) is 0.610. The third-order valence-corrected chi connectivity index (χ3v) is 4.58. The zero-order valence-corrected chi connectivity index (χ0v) is 14.4. The Bertz CT molecular complexity index is 420. The summed E-state index contributed by atoms with van der Waals surface area (Å²) in [6.07, 6.45) is 0.912. The molecule has 0 aromatic carbocycles. The van der Waals surface area contributed by atoms with E-state index in [0.717, 1.165) is 5.75 Å². The Balaban J connectivity index is 2.37. The zero-order chi connectivity index (χ0) is 16.8. The van der Waals surface area contributed by atoms with Crippen LogP contribution in [0.25, 0.3) is 0 Å². The van der Waals surface area contributed by atoms with Crippen LogP contribution in [0.2, 0.25) is 0 Å². The number of nitrogens with one attached hydrogen (secondary N) is 1. The lowest BCUT2D eigenvalue weighted by Crippen LogP contribution is -2.47. The third-order valence-electron chi connectivity index (χ3n) is 3.49. The molecular formula is C15H26N2O4S. The molecule has 0 spiro atoms. The Kier molecular flexibility index (Phi) is 7.19. The van der Waals surface area contributed by atoms with Gasteiger partial charge in [0.25, 0.3) is 0 Å². The molecule has 2 N–H and O–H groups in total. The summed E-state index contributed by atoms with van der Waals surface area (Å²) in [5.41, 5.74) is -0.430. The van der Waals surface area contributed by atoms with Gasteiger partial charge in [-0.2, -0.15) is 11.8 Å². The van der Waals surface area contributed by atoms with Crippen molar-refractivity contribution in [2.24, 2.45) is 5.41 Å². The van der Waals surface area contributed by atoms with E-state index in [1.54, 1.807) is 16.7 Å². The molecule has 1 aliphatic rings. The quantitative estimate of drug-likeness (QED) is 0.718. The molecule has 0 aliphatic carbocycles. The van der Waals surface area contributed by atoms with Gasteiger partial charge in [0.05, 0.1) is 12.5 Å². The van der Waals surface area contributed by atoms with E-state index >= 15 is 0 Å². The van der Waals surface area contributed by atoms with E-state index in [1.165, 1.54) is 0 Å². The summed E-state index contributed by atoms with van der Waals surface area (Å²) in [7, 11) is 0. The first-order valence-corrected chi connectivity index (χ1v) is 8.74. The molecule has 22 heavy (non-hydrogen) atoms. The first kappa shape index (κ1) is 18.8. The molecule has 1 rings (SSSR count). The lowest BCUT2D eigenvalue weighted by atomic mass is 9.96. The van der Waals surface area contributed by atoms with Gasteiger partial charge in [-0.05, 0) is 6.42 Å². The minimum Gasteiger partial charge on any atom is -0.481 e. The number of thioether (sulfide) groups is 1. The third kappa shape index (κ3) is 6.25. The number of nitrogens with zero attached hydrogens (tertiary/aromatic N) is 1. The summed E-state index contributed by atoms with van der Waals surface area (Å²) in [5, 5.41) is 11.7. The van der Waals surface area contributed by atoms with Crippen LogP contribution in [0, 0.1) is 5.41 Å². The number of hydrogen-bond donors (Lipinski definition) is 2. The van der Waals surface area contributed by atoms with Gasteiger partial charge in [0.15, 0.2) is 0 Å². The average molecular weight is 330 g/mol. The van der Waals surface area contributed by atoms with Crippen molar-refractivity contribution < 1.29 is 19.5 Å². The molecule has 2 amide bonds. The molecule has 1 fully saturated rings. The van der Waals surface area contributed by atoms with Crippen LogP contribution in [0.15, 0.2) is 0 Å². The summed E-state index contributed by atoms with van der Waals surface area (Å²) in [6, 6.07) is -0.215. The number of rotatable bonds is 6. The molecule has 1 aliphatic heterocycles. The molecule has 6 nitrogen and oxygen atoms in total. The Morgan fingerprint density at radius 1 is 1.32 bits per heavy atom. The van der Waals surface area contributed by atoms with Crippen LogP contribution in [0.3, 0.4) is 0 Å². The van der Waals surface area contributed by atoms with E-state index in [0.29, 0.717) is 31.7 Å². The smallest absolute Gasteiger partial charge is 0.305 e. The average Bonchev–Trinajstić information content (AvgIpc) is 2.42. The Morgan fingerprint density at radius 2 is 2.00 bits per heavy atom. The summed E-state index contributed by atoms with van der Waals surface area (Å²) < 4.78 is 0. The SMILES string of the molecule is CC(C)(C)C(=O)NCCCC(=O)N1CCSCC1CC(=O)O. The minimum absolute atomic E-state index is 0.000496. The van der Waals surface area contributed by atoms with Gasteiger partial charge in [0.2, 0.25) is 11.8 Å². The number of carbonyl (C=O) groups is 3. The van der Waals surface area contributed by atoms with Crippen LogP contribution in [0.4, 0.5) is 0 Å². The van der Waals surface area contributed by atoms with E-state index in [1.807, 2.05) is 20.8 Å². The van der Waals surface area contributed by atoms with Crippen molar-refractivity contribution in [1.82, 2.24) is 10.2 Å². The summed E-state index contributed by atoms with van der Waals surface area (Å²) in [4.78, 5) is 36.5. The van der Waals surface area contributed by atoms with Crippen molar-refractivity contribution in [3.8, 4) is 0 Å². The first-order valence-electron chi connectivity index (χ1n) is 7.59. The normalized spacial score (nSPS) is 18.9. The van der Waals surface area contributed by atoms with Gasteiger partial charge in [-0.3, -0.25) is 14.4 Å². The van der Waals surface area contributed by atoms with E-state index < -0.39 is 11.4 Å². The largest absolute Gasteiger partial charge is 0.481 e. The molecule has 1 atom stereocenters. The Hall–Kier alpha value is -1.24. The summed E-state index contributed by atoms with van der Waals surface area (Å²) >= 11 is 1.69. The molecule has 1 unspecified atom stereocenters. The lowest BCUT2D eigenvalue weighted by molar-refractivity contribution is -0.140. The molecule has 0 saturated carbocycles. The van der Waals surface area contributed by atoms with Crippen LogP contribution in [0.5, 0.6) is 0 Å². The monoisotopic (exact) mass is 330 g/mol. The summed E-state index contributed by atoms with van der Waals surface area (Å²) in [6.45, 7) is 6.60. The second-order valence-electron chi connectivity index (χ2n) is 6.52. The van der Waals surface area contributed by atoms with Gasteiger partial charge < -0.3 is 15.3 Å². The number of amides is 2. The molecule has 0 bridgehead atoms. The fraction of sp³-hybridized carbons (Fsp3) is 0.800. The molecule has 0 radical (unpaired) electrons. The number of carboxylic acid groups (broad SMARTS) is 1. The highest BCUT2D eigenvalue weighted by Crippen LogP contribution is 2.20. The Labute approximate surface area is 136 Å². The van der Waals surface area contributed by atoms with Crippen LogP contribution in [0.1, 0.15) is 40.0 Å². The molecule has 1 saturated heterocycles. The fourth-order valence-corrected chi connectivity index (χ4v) is 3.27. The van der Waals surface area contributed by atoms with Crippen LogP contribution in [-0.4, -0.2) is 58.4 Å². The van der Waals surface area contributed by atoms with Crippen LogP contribution in [-0.2, 0) is 14.4 Å². The van der Waals surface area contributed by atoms with Gasteiger partial charge in [-0.1, -0.05) is 20.8 Å². The van der Waals surface area contributed by atoms with Gasteiger partial charge in [-0.25, -0.2) is 0 Å². The topological polar surface area (TPSA) is 86.7 Å². The zero-order valence-electron chi connectivity index (χ0n) is 13.6. The maximum absolute atomic E-state index is 12.2. The minimum atomic E-state index is -0.872. The lowest BCUT2D eigenvalue weighted by Gasteiger charge is -2.34. The van der Waals surface area contributed by atoms with Crippen molar-refractivity contribution in [3.63, 3.8) is 0 Å². The van der Waals surface area contributed by atoms with Gasteiger partial charge in [-0.15, -0.1) is 0 Å². The first-order chi connectivity index (χ1) is 10.2. The van der Waals surface area contributed by atoms with E-state index in [9.17, 15) is 14.4 Å². The number of hydrogen-bond acceptors (Lipinski definition) is 4. The number of aliphatic carboxylic acids is 1. The predicted molar refractivity (Wildman–Crippen MR) is 86.8 cm³/mol. The standard InChI is InChI=1S/C15H26N2O4S/c1-15(2,3)14(21)16-6-4-5-12(18)17-7-8-22-10-11(17)9-13(19)20/h11H,4-10H2,1-3H3,(H,16,21)(H,19,20). The van der Waals surface area contributed by atoms with Crippen LogP contribution < -0.4 is 5.32 Å². The highest BCUT2D eigenvalue weighted by Gasteiger charge is 2.28. The molecule has 126 valence electrons. The van der Waals surface area contributed by atoms with Crippen molar-refractivity contribution in [2.75, 3.05) is 24.6 Å². The van der Waals surface area contributed by atoms with E-state index in [4.69, 9.17) is 5.11 Å². The van der Waals surface area contributed by atoms with Crippen molar-refractivity contribution in [2.45, 2.75) is 46.1 Å². The number of carboxylic acids is 1. The van der Waals surface area contributed by atoms with Gasteiger partial charge in [0.1, 0.15) is 0 Å². The van der Waals surface area contributed by atoms with Crippen LogP contribution >= 0.6 is 11.8 Å². The molecular weight excluding hydrogens is 304 g/mol. The highest BCUT2D eigenvalue weighted by atomic mass is 32.2. The molecule has 7 heteroatoms. The second kappa shape index (κ2) is 8.41. The molecule has 0 aromatic heterocycles. The van der Waals surface area contributed by atoms with E-state index in [2.05, 4.69) is 5.32 Å². The second-order valence-corrected chi connectivity index (χ2v) is 7.67. The van der Waals surface area contributed by atoms with E-state index in [-0.39, 0.29) is 24.3 Å². The molecule has 0 aromatic rings. The number of carbonyl (C=O) groups excluding carboxylic acids is 2. The highest BCUT2D eigenvalue weighted by molar-refractivity contribution is 7.99. The maximum atomic E-state index is 12.2. The fourth-order valence-electron chi connectivity index (χ4n) is 2.20. The van der Waals surface area contributed by atoms with Gasteiger partial charge >= 0.3 is 5.97 Å². The maximum Gasteiger partial charge on any atom is 0.305 e. The molecule has 1 heterocycles. The predicted octanol–water partition coefficient (Wildman–Crippen LogP) is 1.35. The van der Waals surface area contributed by atoms with Crippen molar-refractivity contribution >= 4 is 29.5 Å². The van der Waals surface area contributed by atoms with Crippen molar-refractivity contribution in [3.05, 3.63) is 0 Å². The van der Waals surface area contributed by atoms with Gasteiger partial charge in [0, 0.05) is 36.4 Å². The Morgan fingerprint density at radius 3 is 2.59 bits per heavy atom.